The van der Waals surface area contributed by atoms with Crippen molar-refractivity contribution in [2.24, 2.45) is 10.9 Å². The summed E-state index contributed by atoms with van der Waals surface area (Å²) in [4.78, 5) is 7.46. The van der Waals surface area contributed by atoms with Crippen LogP contribution in [0, 0.1) is 5.92 Å². The molecule has 0 aliphatic heterocycles. The lowest BCUT2D eigenvalue weighted by Crippen LogP contribution is -2.35. The molecule has 0 saturated heterocycles. The molecule has 0 unspecified atom stereocenters. The highest BCUT2D eigenvalue weighted by Crippen LogP contribution is 2.33. The minimum atomic E-state index is -0.647. The molecule has 5 heteroatoms. The molecular weight excluding hydrogens is 312 g/mol. The molecular formula is C18H22ClN2O2-. The first kappa shape index (κ1) is 16.3. The van der Waals surface area contributed by atoms with Gasteiger partial charge in [0.2, 0.25) is 0 Å². The largest absolute Gasteiger partial charge is 0.857 e. The second-order valence-corrected chi connectivity index (χ2v) is 7.44. The Bertz CT molecular complexity index is 722. The Morgan fingerprint density at radius 3 is 2.61 bits per heavy atom. The van der Waals surface area contributed by atoms with E-state index in [1.807, 2.05) is 26.0 Å². The van der Waals surface area contributed by atoms with Crippen molar-refractivity contribution in [1.82, 2.24) is 4.98 Å². The van der Waals surface area contributed by atoms with Gasteiger partial charge in [-0.05, 0) is 69.7 Å². The number of nitrogens with one attached hydrogen (secondary N) is 1. The summed E-state index contributed by atoms with van der Waals surface area (Å²) in [7, 11) is 0. The predicted molar refractivity (Wildman–Crippen MR) is 91.9 cm³/mol. The highest BCUT2D eigenvalue weighted by molar-refractivity contribution is 6.31. The molecule has 1 aliphatic rings. The van der Waals surface area contributed by atoms with E-state index in [9.17, 15) is 10.2 Å². The molecule has 1 saturated carbocycles. The second-order valence-electron chi connectivity index (χ2n) is 7.01. The van der Waals surface area contributed by atoms with Gasteiger partial charge in [0.1, 0.15) is 0 Å². The summed E-state index contributed by atoms with van der Waals surface area (Å²) in [5.41, 5.74) is 0.747. The fourth-order valence-corrected chi connectivity index (χ4v) is 3.55. The molecule has 3 rings (SSSR count). The van der Waals surface area contributed by atoms with Gasteiger partial charge in [-0.25, -0.2) is 0 Å². The maximum atomic E-state index is 12.4. The molecule has 2 N–H and O–H groups in total. The van der Waals surface area contributed by atoms with E-state index in [0.717, 1.165) is 36.6 Å². The molecule has 23 heavy (non-hydrogen) atoms. The molecule has 2 aromatic rings. The average Bonchev–Trinajstić information content (AvgIpc) is 2.90. The van der Waals surface area contributed by atoms with Crippen molar-refractivity contribution in [2.45, 2.75) is 51.2 Å². The third kappa shape index (κ3) is 3.70. The molecule has 1 fully saturated rings. The van der Waals surface area contributed by atoms with Gasteiger partial charge >= 0.3 is 0 Å². The monoisotopic (exact) mass is 333 g/mol. The van der Waals surface area contributed by atoms with Crippen LogP contribution in [0.4, 0.5) is 0 Å². The van der Waals surface area contributed by atoms with Gasteiger partial charge in [0.15, 0.2) is 0 Å². The number of aliphatic imine (C=N–C) groups is 1. The zero-order chi connectivity index (χ0) is 16.6. The Hall–Kier alpha value is -1.52. The fraction of sp³-hybridized carbons (Fsp3) is 0.500. The number of nitrogens with zero attached hydrogens (tertiary/aromatic N) is 1. The number of hydrogen-bond acceptors (Lipinski definition) is 3. The van der Waals surface area contributed by atoms with Crippen molar-refractivity contribution in [2.75, 3.05) is 0 Å². The normalized spacial score (nSPS) is 23.4. The van der Waals surface area contributed by atoms with Crippen LogP contribution >= 0.6 is 11.6 Å². The summed E-state index contributed by atoms with van der Waals surface area (Å²) in [6.45, 7) is 3.71. The van der Waals surface area contributed by atoms with E-state index in [0.29, 0.717) is 16.6 Å². The van der Waals surface area contributed by atoms with E-state index >= 15 is 0 Å². The Balaban J connectivity index is 1.72. The van der Waals surface area contributed by atoms with Gasteiger partial charge < -0.3 is 15.2 Å². The van der Waals surface area contributed by atoms with E-state index in [1.165, 1.54) is 0 Å². The standard InChI is InChI=1S/C18H23ClN2O2/c1-18(2,23)12-3-6-14(7-4-12)20-17(22)16-10-11-9-13(19)5-8-15(11)21-16/h5,8-10,12,14,21,23H,3-4,6-7H2,1-2H3,(H,20,22)/p-1. The third-order valence-corrected chi connectivity index (χ3v) is 5.04. The molecule has 1 heterocycles. The van der Waals surface area contributed by atoms with Crippen LogP contribution in [0.2, 0.25) is 5.02 Å². The number of hydrogen-bond donors (Lipinski definition) is 2. The van der Waals surface area contributed by atoms with Crippen LogP contribution in [0.3, 0.4) is 0 Å². The van der Waals surface area contributed by atoms with Gasteiger partial charge in [0.05, 0.1) is 5.60 Å². The molecule has 0 bridgehead atoms. The SMILES string of the molecule is CC(C)(O)C1CCC(N=C([O-])c2cc3cc(Cl)ccc3[nH]2)CC1. The highest BCUT2D eigenvalue weighted by Gasteiger charge is 2.31. The van der Waals surface area contributed by atoms with Gasteiger partial charge in [0.25, 0.3) is 0 Å². The average molecular weight is 334 g/mol. The predicted octanol–water partition coefficient (Wildman–Crippen LogP) is 3.26. The zero-order valence-electron chi connectivity index (χ0n) is 13.5. The summed E-state index contributed by atoms with van der Waals surface area (Å²) in [5, 5.41) is 24.0. The zero-order valence-corrected chi connectivity index (χ0v) is 14.2. The van der Waals surface area contributed by atoms with E-state index in [2.05, 4.69) is 9.98 Å². The Kier molecular flexibility index (Phi) is 4.39. The topological polar surface area (TPSA) is 71.4 Å². The molecule has 1 aromatic heterocycles. The van der Waals surface area contributed by atoms with Crippen molar-refractivity contribution in [3.05, 3.63) is 35.0 Å². The maximum Gasteiger partial charge on any atom is 0.0619 e. The van der Waals surface area contributed by atoms with Gasteiger partial charge in [-0.15, -0.1) is 0 Å². The van der Waals surface area contributed by atoms with Crippen molar-refractivity contribution < 1.29 is 10.2 Å². The van der Waals surface area contributed by atoms with Crippen molar-refractivity contribution >= 4 is 28.4 Å². The Morgan fingerprint density at radius 2 is 1.96 bits per heavy atom. The molecule has 0 radical (unpaired) electrons. The van der Waals surface area contributed by atoms with Crippen molar-refractivity contribution in [3.63, 3.8) is 0 Å². The number of aromatic amines is 1. The van der Waals surface area contributed by atoms with E-state index in [-0.39, 0.29) is 11.9 Å². The molecule has 124 valence electrons. The summed E-state index contributed by atoms with van der Waals surface area (Å²) in [5.74, 6) is 0.0864. The van der Waals surface area contributed by atoms with Crippen LogP contribution < -0.4 is 5.11 Å². The van der Waals surface area contributed by atoms with E-state index < -0.39 is 5.60 Å². The number of rotatable bonds is 3. The highest BCUT2D eigenvalue weighted by atomic mass is 35.5. The number of halogens is 1. The molecule has 1 aliphatic carbocycles. The lowest BCUT2D eigenvalue weighted by molar-refractivity contribution is -0.214. The van der Waals surface area contributed by atoms with E-state index in [1.54, 1.807) is 12.1 Å². The summed E-state index contributed by atoms with van der Waals surface area (Å²) >= 11 is 5.97. The van der Waals surface area contributed by atoms with Crippen LogP contribution in [0.25, 0.3) is 10.9 Å². The lowest BCUT2D eigenvalue weighted by Gasteiger charge is -2.35. The number of aromatic nitrogens is 1. The first-order chi connectivity index (χ1) is 10.8. The van der Waals surface area contributed by atoms with Crippen LogP contribution in [0.1, 0.15) is 45.2 Å². The molecule has 4 nitrogen and oxygen atoms in total. The van der Waals surface area contributed by atoms with Crippen LogP contribution in [-0.2, 0) is 0 Å². The lowest BCUT2D eigenvalue weighted by atomic mass is 9.77. The first-order valence-corrected chi connectivity index (χ1v) is 8.46. The summed E-state index contributed by atoms with van der Waals surface area (Å²) < 4.78 is 0. The van der Waals surface area contributed by atoms with Crippen LogP contribution in [0.15, 0.2) is 29.3 Å². The number of fused-ring (bicyclic) bond motifs is 1. The van der Waals surface area contributed by atoms with Crippen LogP contribution in [-0.4, -0.2) is 27.6 Å². The van der Waals surface area contributed by atoms with Crippen molar-refractivity contribution in [1.29, 1.82) is 0 Å². The molecule has 0 amide bonds. The number of benzene rings is 1. The fourth-order valence-electron chi connectivity index (χ4n) is 3.37. The van der Waals surface area contributed by atoms with Gasteiger partial charge in [-0.3, -0.25) is 4.99 Å². The Morgan fingerprint density at radius 1 is 1.26 bits per heavy atom. The quantitative estimate of drug-likeness (QED) is 0.668. The van der Waals surface area contributed by atoms with Gasteiger partial charge in [0, 0.05) is 33.6 Å². The molecule has 1 aromatic carbocycles. The first-order valence-electron chi connectivity index (χ1n) is 8.09. The minimum absolute atomic E-state index is 0.0519. The maximum absolute atomic E-state index is 12.4. The molecule has 0 spiro atoms. The number of aliphatic hydroxyl groups is 1. The second kappa shape index (κ2) is 6.17. The van der Waals surface area contributed by atoms with Gasteiger partial charge in [-0.2, -0.15) is 0 Å². The third-order valence-electron chi connectivity index (χ3n) is 4.81. The minimum Gasteiger partial charge on any atom is -0.857 e. The van der Waals surface area contributed by atoms with Crippen LogP contribution in [0.5, 0.6) is 0 Å². The Labute approximate surface area is 141 Å². The smallest absolute Gasteiger partial charge is 0.0619 e. The number of H-pyrrole nitrogens is 1. The van der Waals surface area contributed by atoms with E-state index in [4.69, 9.17) is 11.6 Å². The van der Waals surface area contributed by atoms with Gasteiger partial charge in [-0.1, -0.05) is 11.6 Å². The summed E-state index contributed by atoms with van der Waals surface area (Å²) in [6.07, 6.45) is 3.53. The molecule has 0 atom stereocenters. The summed E-state index contributed by atoms with van der Waals surface area (Å²) in [6, 6.07) is 7.34. The van der Waals surface area contributed by atoms with Crippen molar-refractivity contribution in [3.8, 4) is 0 Å².